The number of aliphatic hydroxyl groups is 1. The molecule has 0 saturated heterocycles. The zero-order valence-electron chi connectivity index (χ0n) is 7.08. The van der Waals surface area contributed by atoms with Crippen LogP contribution in [-0.2, 0) is 0 Å². The zero-order chi connectivity index (χ0) is 8.81. The van der Waals surface area contributed by atoms with Gasteiger partial charge in [0.1, 0.15) is 0 Å². The van der Waals surface area contributed by atoms with E-state index in [4.69, 9.17) is 5.11 Å². The van der Waals surface area contributed by atoms with Crippen LogP contribution in [0.4, 0.5) is 0 Å². The summed E-state index contributed by atoms with van der Waals surface area (Å²) in [5.41, 5.74) is 1.27. The van der Waals surface area contributed by atoms with Gasteiger partial charge in [0.15, 0.2) is 0 Å². The lowest BCUT2D eigenvalue weighted by Gasteiger charge is -2.01. The molecule has 66 valence electrons. The van der Waals surface area contributed by atoms with Gasteiger partial charge in [-0.15, -0.1) is 0 Å². The molecule has 0 saturated carbocycles. The van der Waals surface area contributed by atoms with Crippen molar-refractivity contribution >= 4 is 11.9 Å². The molecule has 12 heavy (non-hydrogen) atoms. The third-order valence-electron chi connectivity index (χ3n) is 1.42. The van der Waals surface area contributed by atoms with Gasteiger partial charge in [0.05, 0.1) is 6.61 Å². The fraction of sp³-hybridized carbons (Fsp3) is 0.333. The molecule has 0 aromatic heterocycles. The van der Waals surface area contributed by atoms with E-state index >= 15 is 0 Å². The largest absolute Gasteiger partial charge is 0.395 e. The first kappa shape index (κ1) is 9.58. The van der Waals surface area contributed by atoms with Crippen LogP contribution in [0.25, 0.3) is 0 Å². The minimum Gasteiger partial charge on any atom is -0.395 e. The van der Waals surface area contributed by atoms with Crippen molar-refractivity contribution in [2.75, 3.05) is 13.2 Å². The molecule has 2 N–H and O–H groups in total. The summed E-state index contributed by atoms with van der Waals surface area (Å²) >= 11 is 1.54. The van der Waals surface area contributed by atoms with Crippen LogP contribution in [0, 0.1) is 6.92 Å². The molecule has 0 heterocycles. The van der Waals surface area contributed by atoms with Gasteiger partial charge in [-0.2, -0.15) is 0 Å². The van der Waals surface area contributed by atoms with Gasteiger partial charge >= 0.3 is 0 Å². The van der Waals surface area contributed by atoms with Crippen molar-refractivity contribution in [3.05, 3.63) is 29.8 Å². The van der Waals surface area contributed by atoms with E-state index in [0.717, 1.165) is 0 Å². The molecular weight excluding hydrogens is 170 g/mol. The lowest BCUT2D eigenvalue weighted by Crippen LogP contribution is -2.08. The lowest BCUT2D eigenvalue weighted by atomic mass is 10.2. The Balaban J connectivity index is 2.37. The summed E-state index contributed by atoms with van der Waals surface area (Å²) in [5, 5.41) is 8.51. The van der Waals surface area contributed by atoms with Crippen molar-refractivity contribution in [3.63, 3.8) is 0 Å². The molecule has 2 nitrogen and oxygen atoms in total. The van der Waals surface area contributed by atoms with Crippen LogP contribution in [0.5, 0.6) is 0 Å². The van der Waals surface area contributed by atoms with Gasteiger partial charge in [-0.05, 0) is 31.0 Å². The fourth-order valence-corrected chi connectivity index (χ4v) is 1.42. The van der Waals surface area contributed by atoms with E-state index in [1.54, 1.807) is 11.9 Å². The predicted octanol–water partition coefficient (Wildman–Crippen LogP) is 1.58. The van der Waals surface area contributed by atoms with Gasteiger partial charge in [-0.3, -0.25) is 4.72 Å². The first-order chi connectivity index (χ1) is 5.83. The third-order valence-corrected chi connectivity index (χ3v) is 2.28. The monoisotopic (exact) mass is 183 g/mol. The van der Waals surface area contributed by atoms with Gasteiger partial charge in [0.2, 0.25) is 0 Å². The Morgan fingerprint density at radius 1 is 1.33 bits per heavy atom. The minimum absolute atomic E-state index is 0.179. The Kier molecular flexibility index (Phi) is 4.14. The molecule has 0 fully saturated rings. The van der Waals surface area contributed by atoms with E-state index in [9.17, 15) is 0 Å². The molecule has 1 aromatic carbocycles. The quantitative estimate of drug-likeness (QED) is 0.549. The van der Waals surface area contributed by atoms with Gasteiger partial charge < -0.3 is 5.11 Å². The molecule has 0 aliphatic rings. The summed E-state index contributed by atoms with van der Waals surface area (Å²) in [6.07, 6.45) is 0. The summed E-state index contributed by atoms with van der Waals surface area (Å²) in [6.45, 7) is 2.87. The molecule has 1 rings (SSSR count). The van der Waals surface area contributed by atoms with Crippen LogP contribution < -0.4 is 4.72 Å². The summed E-state index contributed by atoms with van der Waals surface area (Å²) in [6, 6.07) is 8.26. The highest BCUT2D eigenvalue weighted by Gasteiger charge is 1.91. The van der Waals surface area contributed by atoms with Crippen LogP contribution in [0.15, 0.2) is 29.2 Å². The lowest BCUT2D eigenvalue weighted by molar-refractivity contribution is 0.302. The fourth-order valence-electron chi connectivity index (χ4n) is 0.786. The standard InChI is InChI=1S/C9H13NOS/c1-8-2-4-9(5-3-8)12-10-6-7-11/h2-5,10-11H,6-7H2,1H3. The Labute approximate surface area is 77.1 Å². The Bertz CT molecular complexity index is 222. The van der Waals surface area contributed by atoms with Gasteiger partial charge in [0.25, 0.3) is 0 Å². The maximum atomic E-state index is 8.51. The molecule has 0 atom stereocenters. The normalized spacial score (nSPS) is 10.2. The summed E-state index contributed by atoms with van der Waals surface area (Å²) in [7, 11) is 0. The molecule has 0 unspecified atom stereocenters. The Morgan fingerprint density at radius 3 is 2.58 bits per heavy atom. The van der Waals surface area contributed by atoms with Crippen LogP contribution in [0.1, 0.15) is 5.56 Å². The Hall–Kier alpha value is -0.510. The smallest absolute Gasteiger partial charge is 0.0565 e. The van der Waals surface area contributed by atoms with E-state index in [1.807, 2.05) is 0 Å². The molecule has 0 amide bonds. The van der Waals surface area contributed by atoms with E-state index in [2.05, 4.69) is 35.9 Å². The third kappa shape index (κ3) is 3.26. The van der Waals surface area contributed by atoms with Crippen LogP contribution in [0.2, 0.25) is 0 Å². The van der Waals surface area contributed by atoms with E-state index in [-0.39, 0.29) is 6.61 Å². The highest BCUT2D eigenvalue weighted by molar-refractivity contribution is 7.97. The van der Waals surface area contributed by atoms with Crippen molar-refractivity contribution in [1.29, 1.82) is 0 Å². The van der Waals surface area contributed by atoms with Gasteiger partial charge in [0, 0.05) is 11.4 Å². The first-order valence-electron chi connectivity index (χ1n) is 3.90. The van der Waals surface area contributed by atoms with Gasteiger partial charge in [-0.25, -0.2) is 0 Å². The number of rotatable bonds is 4. The average Bonchev–Trinajstić information content (AvgIpc) is 2.09. The zero-order valence-corrected chi connectivity index (χ0v) is 7.90. The van der Waals surface area contributed by atoms with Crippen LogP contribution >= 0.6 is 11.9 Å². The summed E-state index contributed by atoms with van der Waals surface area (Å²) in [4.78, 5) is 1.18. The van der Waals surface area contributed by atoms with Crippen molar-refractivity contribution in [2.24, 2.45) is 0 Å². The molecule has 1 aromatic rings. The summed E-state index contributed by atoms with van der Waals surface area (Å²) in [5.74, 6) is 0. The van der Waals surface area contributed by atoms with Crippen molar-refractivity contribution in [3.8, 4) is 0 Å². The topological polar surface area (TPSA) is 32.3 Å². The average molecular weight is 183 g/mol. The van der Waals surface area contributed by atoms with Gasteiger partial charge in [-0.1, -0.05) is 17.7 Å². The number of benzene rings is 1. The highest BCUT2D eigenvalue weighted by atomic mass is 32.2. The number of aliphatic hydroxyl groups excluding tert-OH is 1. The second-order valence-corrected chi connectivity index (χ2v) is 3.50. The van der Waals surface area contributed by atoms with E-state index in [1.165, 1.54) is 10.5 Å². The Morgan fingerprint density at radius 2 is 2.00 bits per heavy atom. The van der Waals surface area contributed by atoms with Crippen molar-refractivity contribution in [1.82, 2.24) is 4.72 Å². The number of aryl methyl sites for hydroxylation is 1. The maximum Gasteiger partial charge on any atom is 0.0565 e. The van der Waals surface area contributed by atoms with Crippen molar-refractivity contribution in [2.45, 2.75) is 11.8 Å². The molecule has 0 aliphatic heterocycles. The molecule has 0 bridgehead atoms. The molecule has 0 radical (unpaired) electrons. The summed E-state index contributed by atoms with van der Waals surface area (Å²) < 4.78 is 3.04. The predicted molar refractivity (Wildman–Crippen MR) is 52.1 cm³/mol. The first-order valence-corrected chi connectivity index (χ1v) is 4.72. The van der Waals surface area contributed by atoms with Crippen LogP contribution in [0.3, 0.4) is 0 Å². The molecule has 0 aliphatic carbocycles. The number of hydrogen-bond donors (Lipinski definition) is 2. The SMILES string of the molecule is Cc1ccc(SNCCO)cc1. The van der Waals surface area contributed by atoms with E-state index in [0.29, 0.717) is 6.54 Å². The minimum atomic E-state index is 0.179. The van der Waals surface area contributed by atoms with Crippen LogP contribution in [-0.4, -0.2) is 18.3 Å². The second-order valence-electron chi connectivity index (χ2n) is 2.53. The maximum absolute atomic E-state index is 8.51. The second kappa shape index (κ2) is 5.19. The molecule has 0 spiro atoms. The highest BCUT2D eigenvalue weighted by Crippen LogP contribution is 2.14. The van der Waals surface area contributed by atoms with E-state index < -0.39 is 0 Å². The number of nitrogens with one attached hydrogen (secondary N) is 1. The molecule has 3 heteroatoms. The van der Waals surface area contributed by atoms with Crippen molar-refractivity contribution < 1.29 is 5.11 Å². The number of hydrogen-bond acceptors (Lipinski definition) is 3. The molecular formula is C9H13NOS.